The molecule has 10 nitrogen and oxygen atoms in total. The Morgan fingerprint density at radius 2 is 1.70 bits per heavy atom. The molecule has 2 aromatic rings. The summed E-state index contributed by atoms with van der Waals surface area (Å²) >= 11 is 0. The third-order valence-corrected chi connectivity index (χ3v) is 7.75. The molecule has 0 aromatic heterocycles. The zero-order valence-corrected chi connectivity index (χ0v) is 26.2. The van der Waals surface area contributed by atoms with Crippen molar-refractivity contribution in [2.24, 2.45) is 0 Å². The first-order chi connectivity index (χ1) is 20.8. The number of nitrogens with zero attached hydrogens (tertiary/aromatic N) is 2. The molecule has 0 radical (unpaired) electrons. The number of Topliss-reactive ketones (excluding diaryl/α,β-unsaturated/α-hetero) is 2. The van der Waals surface area contributed by atoms with E-state index in [4.69, 9.17) is 24.7 Å². The Hall–Kier alpha value is -4.15. The van der Waals surface area contributed by atoms with E-state index in [2.05, 4.69) is 0 Å². The summed E-state index contributed by atoms with van der Waals surface area (Å²) in [4.78, 5) is 40.5. The Kier molecular flexibility index (Phi) is 10.2. The first-order valence-corrected chi connectivity index (χ1v) is 15.1. The Morgan fingerprint density at radius 3 is 2.32 bits per heavy atom. The van der Waals surface area contributed by atoms with Crippen LogP contribution in [0.4, 0.5) is 10.1 Å². The maximum absolute atomic E-state index is 15.6. The van der Waals surface area contributed by atoms with Crippen LogP contribution in [-0.2, 0) is 21.5 Å². The van der Waals surface area contributed by atoms with Gasteiger partial charge in [0.2, 0.25) is 0 Å². The zero-order valence-electron chi connectivity index (χ0n) is 26.2. The van der Waals surface area contributed by atoms with E-state index in [1.54, 1.807) is 32.0 Å². The number of benzene rings is 2. The van der Waals surface area contributed by atoms with Gasteiger partial charge in [0, 0.05) is 50.0 Å². The van der Waals surface area contributed by atoms with E-state index in [0.717, 1.165) is 5.56 Å². The highest BCUT2D eigenvalue weighted by Crippen LogP contribution is 2.42. The molecule has 0 saturated carbocycles. The number of hydrogen-bond acceptors (Lipinski definition) is 8. The molecule has 2 heterocycles. The van der Waals surface area contributed by atoms with Crippen LogP contribution in [0.3, 0.4) is 0 Å². The van der Waals surface area contributed by atoms with Crippen molar-refractivity contribution in [3.63, 3.8) is 0 Å². The van der Waals surface area contributed by atoms with Gasteiger partial charge in [-0.05, 0) is 49.4 Å². The van der Waals surface area contributed by atoms with Crippen molar-refractivity contribution < 1.29 is 38.1 Å². The molecule has 4 rings (SSSR count). The minimum atomic E-state index is -0.905. The number of aliphatic carboxylic acids is 1. The van der Waals surface area contributed by atoms with Gasteiger partial charge < -0.3 is 29.1 Å². The molecule has 1 fully saturated rings. The van der Waals surface area contributed by atoms with Crippen molar-refractivity contribution in [3.8, 4) is 17.2 Å². The van der Waals surface area contributed by atoms with E-state index in [1.807, 2.05) is 25.7 Å². The van der Waals surface area contributed by atoms with Crippen LogP contribution in [0, 0.1) is 11.2 Å². The molecule has 0 aliphatic carbocycles. The molecule has 2 N–H and O–H groups in total. The van der Waals surface area contributed by atoms with Crippen molar-refractivity contribution in [2.45, 2.75) is 72.3 Å². The van der Waals surface area contributed by atoms with Crippen molar-refractivity contribution >= 4 is 29.1 Å². The van der Waals surface area contributed by atoms with Gasteiger partial charge in [0.05, 0.1) is 37.6 Å². The third kappa shape index (κ3) is 7.14. The molecule has 0 unspecified atom stereocenters. The smallest absolute Gasteiger partial charge is 0.303 e. The topological polar surface area (TPSA) is 129 Å². The van der Waals surface area contributed by atoms with Crippen LogP contribution >= 0.6 is 0 Å². The average molecular weight is 612 g/mol. The van der Waals surface area contributed by atoms with Gasteiger partial charge >= 0.3 is 5.97 Å². The van der Waals surface area contributed by atoms with Gasteiger partial charge in [-0.3, -0.25) is 19.8 Å². The molecule has 0 amide bonds. The number of piperidine rings is 1. The molecule has 0 atom stereocenters. The number of hydrogen-bond donors (Lipinski definition) is 2. The van der Waals surface area contributed by atoms with Gasteiger partial charge in [-0.15, -0.1) is 0 Å². The number of ether oxygens (including phenoxy) is 3. The van der Waals surface area contributed by atoms with E-state index >= 15 is 4.39 Å². The van der Waals surface area contributed by atoms with E-state index in [1.165, 1.54) is 4.90 Å². The SMILES string of the molecule is CCOc1cc2c(c(F)c1OCC)C(=N)N(CC(=O)c1cc(N3CCC(=O)CC3)c(OCCCC(=O)O)c(C(C)(C)C)c1)C2. The predicted octanol–water partition coefficient (Wildman–Crippen LogP) is 5.36. The van der Waals surface area contributed by atoms with Crippen LogP contribution < -0.4 is 19.1 Å². The maximum atomic E-state index is 15.6. The number of ketones is 2. The molecular formula is C33H42FN3O7. The van der Waals surface area contributed by atoms with Gasteiger partial charge in [0.15, 0.2) is 23.1 Å². The fourth-order valence-corrected chi connectivity index (χ4v) is 5.54. The molecule has 0 bridgehead atoms. The quantitative estimate of drug-likeness (QED) is 0.227. The molecule has 238 valence electrons. The second kappa shape index (κ2) is 13.7. The fourth-order valence-electron chi connectivity index (χ4n) is 5.54. The van der Waals surface area contributed by atoms with E-state index in [0.29, 0.717) is 61.5 Å². The van der Waals surface area contributed by atoms with Gasteiger partial charge in [0.1, 0.15) is 17.4 Å². The Morgan fingerprint density at radius 1 is 1.02 bits per heavy atom. The molecular weight excluding hydrogens is 569 g/mol. The van der Waals surface area contributed by atoms with Crippen molar-refractivity contribution in [3.05, 3.63) is 46.3 Å². The zero-order chi connectivity index (χ0) is 32.2. The van der Waals surface area contributed by atoms with Gasteiger partial charge in [-0.1, -0.05) is 20.8 Å². The summed E-state index contributed by atoms with van der Waals surface area (Å²) in [6.45, 7) is 11.3. The lowest BCUT2D eigenvalue weighted by Crippen LogP contribution is -2.35. The summed E-state index contributed by atoms with van der Waals surface area (Å²) in [7, 11) is 0. The first-order valence-electron chi connectivity index (χ1n) is 15.1. The minimum absolute atomic E-state index is 0.0299. The summed E-state index contributed by atoms with van der Waals surface area (Å²) in [5.41, 5.74) is 2.07. The molecule has 0 spiro atoms. The van der Waals surface area contributed by atoms with Gasteiger partial charge in [-0.2, -0.15) is 0 Å². The van der Waals surface area contributed by atoms with E-state index in [9.17, 15) is 14.4 Å². The number of amidine groups is 1. The van der Waals surface area contributed by atoms with Crippen molar-refractivity contribution in [1.82, 2.24) is 4.90 Å². The van der Waals surface area contributed by atoms with Crippen molar-refractivity contribution in [2.75, 3.05) is 44.4 Å². The minimum Gasteiger partial charge on any atom is -0.491 e. The second-order valence-corrected chi connectivity index (χ2v) is 12.0. The average Bonchev–Trinajstić information content (AvgIpc) is 3.27. The number of anilines is 1. The molecule has 2 aliphatic rings. The summed E-state index contributed by atoms with van der Waals surface area (Å²) < 4.78 is 32.9. The normalized spacial score (nSPS) is 15.0. The lowest BCUT2D eigenvalue weighted by Gasteiger charge is -2.33. The Labute approximate surface area is 257 Å². The maximum Gasteiger partial charge on any atom is 0.303 e. The monoisotopic (exact) mass is 611 g/mol. The predicted molar refractivity (Wildman–Crippen MR) is 164 cm³/mol. The lowest BCUT2D eigenvalue weighted by molar-refractivity contribution is -0.137. The summed E-state index contributed by atoms with van der Waals surface area (Å²) in [6.07, 6.45) is 1.05. The van der Waals surface area contributed by atoms with Crippen LogP contribution in [0.2, 0.25) is 0 Å². The van der Waals surface area contributed by atoms with Gasteiger partial charge in [-0.25, -0.2) is 4.39 Å². The number of halogens is 1. The highest BCUT2D eigenvalue weighted by Gasteiger charge is 2.34. The molecule has 11 heteroatoms. The molecule has 2 aromatic carbocycles. The standard InChI is InChI=1S/C33H42FN3O7/c1-6-42-26-17-21-18-37(32(35)28(21)29(34)31(26)43-7-2)19-25(39)20-15-23(33(3,4)5)30(44-14-8-9-27(40)41)24(16-20)36-12-10-22(38)11-13-36/h15-17,35H,6-14,18-19H2,1-5H3,(H,40,41). The second-order valence-electron chi connectivity index (χ2n) is 12.0. The molecule has 1 saturated heterocycles. The fraction of sp³-hybridized carbons (Fsp3) is 0.515. The van der Waals surface area contributed by atoms with Crippen molar-refractivity contribution in [1.29, 1.82) is 5.41 Å². The first kappa shape index (κ1) is 32.8. The number of carboxylic acid groups (broad SMARTS) is 1. The Balaban J connectivity index is 1.67. The Bertz CT molecular complexity index is 1440. The van der Waals surface area contributed by atoms with Crippen LogP contribution in [0.15, 0.2) is 18.2 Å². The number of carbonyl (C=O) groups is 3. The molecule has 2 aliphatic heterocycles. The van der Waals surface area contributed by atoms with E-state index in [-0.39, 0.29) is 67.2 Å². The lowest BCUT2D eigenvalue weighted by atomic mass is 9.84. The largest absolute Gasteiger partial charge is 0.491 e. The summed E-state index contributed by atoms with van der Waals surface area (Å²) in [5.74, 6) is -0.951. The number of rotatable bonds is 13. The summed E-state index contributed by atoms with van der Waals surface area (Å²) in [6, 6.07) is 5.23. The number of nitrogens with one attached hydrogen (secondary N) is 1. The van der Waals surface area contributed by atoms with E-state index < -0.39 is 17.2 Å². The number of carbonyl (C=O) groups excluding carboxylic acids is 2. The van der Waals surface area contributed by atoms with Crippen LogP contribution in [-0.4, -0.2) is 72.8 Å². The van der Waals surface area contributed by atoms with Crippen LogP contribution in [0.5, 0.6) is 17.2 Å². The number of fused-ring (bicyclic) bond motifs is 1. The third-order valence-electron chi connectivity index (χ3n) is 7.75. The van der Waals surface area contributed by atoms with Gasteiger partial charge in [0.25, 0.3) is 0 Å². The summed E-state index contributed by atoms with van der Waals surface area (Å²) in [5, 5.41) is 17.8. The van der Waals surface area contributed by atoms with Crippen LogP contribution in [0.25, 0.3) is 0 Å². The highest BCUT2D eigenvalue weighted by atomic mass is 19.1. The van der Waals surface area contributed by atoms with Crippen LogP contribution in [0.1, 0.15) is 87.4 Å². The highest BCUT2D eigenvalue weighted by molar-refractivity contribution is 6.06. The number of carboxylic acids is 1. The molecule has 44 heavy (non-hydrogen) atoms.